The van der Waals surface area contributed by atoms with Crippen LogP contribution in [-0.4, -0.2) is 22.4 Å². The van der Waals surface area contributed by atoms with Crippen molar-refractivity contribution in [2.24, 2.45) is 5.73 Å². The number of aromatic nitrogens is 1. The van der Waals surface area contributed by atoms with Crippen molar-refractivity contribution in [2.75, 3.05) is 11.6 Å². The molecule has 82 valence electrons. The third-order valence-electron chi connectivity index (χ3n) is 1.64. The average Bonchev–Trinajstić information content (AvgIpc) is 2.14. The quantitative estimate of drug-likeness (QED) is 0.330. The molecule has 0 saturated carbocycles. The maximum absolute atomic E-state index is 7.67. The zero-order valence-corrected chi connectivity index (χ0v) is 10.1. The first-order valence-corrected chi connectivity index (χ1v) is 5.96. The third-order valence-corrected chi connectivity index (χ3v) is 2.47. The predicted octanol–water partition coefficient (Wildman–Crippen LogP) is 2.14. The summed E-state index contributed by atoms with van der Waals surface area (Å²) in [5.41, 5.74) is 6.32. The van der Waals surface area contributed by atoms with Gasteiger partial charge in [0.25, 0.3) is 0 Å². The van der Waals surface area contributed by atoms with Crippen molar-refractivity contribution in [1.82, 2.24) is 4.98 Å². The van der Waals surface area contributed by atoms with Gasteiger partial charge in [0.1, 0.15) is 11.0 Å². The summed E-state index contributed by atoms with van der Waals surface area (Å²) < 4.78 is 0. The average molecular weight is 245 g/mol. The zero-order valence-electron chi connectivity index (χ0n) is 8.54. The van der Waals surface area contributed by atoms with Crippen LogP contribution in [0.5, 0.6) is 0 Å². The standard InChI is InChI=1S/C9H13ClN4S/c1-5(11)13-8-4-6(9(12)15-2)3-7(10)14-8/h3-5,12H,11H2,1-2H3,(H,13,14). The molecule has 0 amide bonds. The van der Waals surface area contributed by atoms with Crippen LogP contribution in [0.4, 0.5) is 5.82 Å². The van der Waals surface area contributed by atoms with E-state index in [2.05, 4.69) is 10.3 Å². The van der Waals surface area contributed by atoms with Gasteiger partial charge in [-0.25, -0.2) is 4.98 Å². The van der Waals surface area contributed by atoms with Gasteiger partial charge in [0.2, 0.25) is 0 Å². The fourth-order valence-corrected chi connectivity index (χ4v) is 1.62. The second-order valence-corrected chi connectivity index (χ2v) is 4.23. The molecular weight excluding hydrogens is 232 g/mol. The molecule has 1 aromatic heterocycles. The first-order valence-electron chi connectivity index (χ1n) is 4.35. The van der Waals surface area contributed by atoms with Crippen molar-refractivity contribution < 1.29 is 0 Å². The smallest absolute Gasteiger partial charge is 0.132 e. The van der Waals surface area contributed by atoms with Crippen molar-refractivity contribution in [2.45, 2.75) is 13.1 Å². The molecule has 1 aromatic rings. The van der Waals surface area contributed by atoms with Crippen LogP contribution >= 0.6 is 23.4 Å². The van der Waals surface area contributed by atoms with Gasteiger partial charge in [0.15, 0.2) is 0 Å². The van der Waals surface area contributed by atoms with Crippen molar-refractivity contribution in [3.63, 3.8) is 0 Å². The Morgan fingerprint density at radius 1 is 1.67 bits per heavy atom. The molecule has 4 nitrogen and oxygen atoms in total. The number of halogens is 1. The highest BCUT2D eigenvalue weighted by Crippen LogP contribution is 2.18. The summed E-state index contributed by atoms with van der Waals surface area (Å²) in [6.45, 7) is 1.81. The van der Waals surface area contributed by atoms with E-state index in [0.717, 1.165) is 5.56 Å². The highest BCUT2D eigenvalue weighted by molar-refractivity contribution is 8.13. The maximum atomic E-state index is 7.67. The minimum Gasteiger partial charge on any atom is -0.355 e. The number of thioether (sulfide) groups is 1. The Balaban J connectivity index is 2.99. The number of anilines is 1. The molecule has 1 atom stereocenters. The van der Waals surface area contributed by atoms with Gasteiger partial charge in [-0.1, -0.05) is 11.6 Å². The van der Waals surface area contributed by atoms with E-state index in [-0.39, 0.29) is 6.17 Å². The number of nitrogens with two attached hydrogens (primary N) is 1. The molecule has 0 radical (unpaired) electrons. The topological polar surface area (TPSA) is 74.8 Å². The minimum atomic E-state index is -0.202. The summed E-state index contributed by atoms with van der Waals surface area (Å²) in [5, 5.41) is 11.4. The molecule has 0 aliphatic carbocycles. The molecule has 1 unspecified atom stereocenters. The Bertz CT molecular complexity index is 367. The maximum Gasteiger partial charge on any atom is 0.132 e. The van der Waals surface area contributed by atoms with Crippen molar-refractivity contribution in [1.29, 1.82) is 5.41 Å². The number of hydrogen-bond donors (Lipinski definition) is 3. The van der Waals surface area contributed by atoms with Crippen LogP contribution in [0.15, 0.2) is 12.1 Å². The monoisotopic (exact) mass is 244 g/mol. The Labute approximate surface area is 98.1 Å². The largest absolute Gasteiger partial charge is 0.355 e. The summed E-state index contributed by atoms with van der Waals surface area (Å²) >= 11 is 7.19. The van der Waals surface area contributed by atoms with Crippen LogP contribution in [0.25, 0.3) is 0 Å². The number of pyridine rings is 1. The number of nitrogens with one attached hydrogen (secondary N) is 2. The Morgan fingerprint density at radius 2 is 2.33 bits per heavy atom. The number of hydrogen-bond acceptors (Lipinski definition) is 5. The van der Waals surface area contributed by atoms with E-state index in [1.165, 1.54) is 11.8 Å². The molecule has 0 fully saturated rings. The summed E-state index contributed by atoms with van der Waals surface area (Å²) in [7, 11) is 0. The molecule has 0 aliphatic rings. The van der Waals surface area contributed by atoms with Gasteiger partial charge < -0.3 is 11.1 Å². The van der Waals surface area contributed by atoms with Gasteiger partial charge in [0, 0.05) is 5.56 Å². The highest BCUT2D eigenvalue weighted by atomic mass is 35.5. The van der Waals surface area contributed by atoms with Crippen LogP contribution < -0.4 is 11.1 Å². The van der Waals surface area contributed by atoms with Crippen LogP contribution in [0.1, 0.15) is 12.5 Å². The fourth-order valence-electron chi connectivity index (χ4n) is 1.05. The molecule has 0 spiro atoms. The molecular formula is C9H13ClN4S. The second kappa shape index (κ2) is 5.34. The van der Waals surface area contributed by atoms with Gasteiger partial charge in [-0.2, -0.15) is 0 Å². The number of nitrogens with zero attached hydrogens (tertiary/aromatic N) is 1. The lowest BCUT2D eigenvalue weighted by Crippen LogP contribution is -2.25. The Hall–Kier alpha value is -0.780. The van der Waals surface area contributed by atoms with Gasteiger partial charge >= 0.3 is 0 Å². The van der Waals surface area contributed by atoms with E-state index in [4.69, 9.17) is 22.7 Å². The van der Waals surface area contributed by atoms with Crippen molar-refractivity contribution >= 4 is 34.2 Å². The van der Waals surface area contributed by atoms with Gasteiger partial charge in [0.05, 0.1) is 11.2 Å². The van der Waals surface area contributed by atoms with E-state index >= 15 is 0 Å². The lowest BCUT2D eigenvalue weighted by atomic mass is 10.3. The zero-order chi connectivity index (χ0) is 11.4. The summed E-state index contributed by atoms with van der Waals surface area (Å²) in [6.07, 6.45) is 1.64. The van der Waals surface area contributed by atoms with Crippen LogP contribution in [-0.2, 0) is 0 Å². The van der Waals surface area contributed by atoms with E-state index in [1.54, 1.807) is 12.1 Å². The minimum absolute atomic E-state index is 0.202. The normalized spacial score (nSPS) is 12.3. The lowest BCUT2D eigenvalue weighted by Gasteiger charge is -2.10. The molecule has 1 heterocycles. The molecule has 6 heteroatoms. The van der Waals surface area contributed by atoms with Gasteiger partial charge in [-0.05, 0) is 25.3 Å². The summed E-state index contributed by atoms with van der Waals surface area (Å²) in [5.74, 6) is 0.589. The summed E-state index contributed by atoms with van der Waals surface area (Å²) in [6, 6.07) is 3.42. The van der Waals surface area contributed by atoms with Crippen molar-refractivity contribution in [3.8, 4) is 0 Å². The molecule has 0 aliphatic heterocycles. The van der Waals surface area contributed by atoms with Gasteiger partial charge in [-0.3, -0.25) is 5.41 Å². The highest BCUT2D eigenvalue weighted by Gasteiger charge is 2.06. The molecule has 1 rings (SSSR count). The number of rotatable bonds is 3. The second-order valence-electron chi connectivity index (χ2n) is 3.03. The van der Waals surface area contributed by atoms with E-state index in [1.807, 2.05) is 13.2 Å². The SMILES string of the molecule is CSC(=N)c1cc(Cl)nc(NC(C)N)c1. The van der Waals surface area contributed by atoms with Gasteiger partial charge in [-0.15, -0.1) is 11.8 Å². The van der Waals surface area contributed by atoms with E-state index < -0.39 is 0 Å². The molecule has 0 bridgehead atoms. The van der Waals surface area contributed by atoms with Crippen LogP contribution in [0.2, 0.25) is 5.15 Å². The van der Waals surface area contributed by atoms with Crippen molar-refractivity contribution in [3.05, 3.63) is 22.8 Å². The predicted molar refractivity (Wildman–Crippen MR) is 66.9 cm³/mol. The molecule has 15 heavy (non-hydrogen) atoms. The Morgan fingerprint density at radius 3 is 2.87 bits per heavy atom. The summed E-state index contributed by atoms with van der Waals surface area (Å²) in [4.78, 5) is 4.06. The van der Waals surface area contributed by atoms with Crippen LogP contribution in [0, 0.1) is 5.41 Å². The molecule has 0 saturated heterocycles. The van der Waals surface area contributed by atoms with E-state index in [0.29, 0.717) is 16.0 Å². The fraction of sp³-hybridized carbons (Fsp3) is 0.333. The third kappa shape index (κ3) is 3.70. The van der Waals surface area contributed by atoms with Crippen LogP contribution in [0.3, 0.4) is 0 Å². The first-order chi connectivity index (χ1) is 7.02. The first kappa shape index (κ1) is 12.3. The molecule has 0 aromatic carbocycles. The Kier molecular flexibility index (Phi) is 4.38. The van der Waals surface area contributed by atoms with E-state index in [9.17, 15) is 0 Å². The lowest BCUT2D eigenvalue weighted by molar-refractivity contribution is 0.843. The molecule has 4 N–H and O–H groups in total.